The van der Waals surface area contributed by atoms with Crippen molar-refractivity contribution < 1.29 is 15.3 Å². The van der Waals surface area contributed by atoms with Gasteiger partial charge in [0, 0.05) is 6.61 Å². The van der Waals surface area contributed by atoms with Gasteiger partial charge >= 0.3 is 0 Å². The van der Waals surface area contributed by atoms with Crippen LogP contribution in [-0.4, -0.2) is 34.1 Å². The highest BCUT2D eigenvalue weighted by molar-refractivity contribution is 5.11. The van der Waals surface area contributed by atoms with Gasteiger partial charge < -0.3 is 15.3 Å². The lowest BCUT2D eigenvalue weighted by Crippen LogP contribution is -2.58. The predicted octanol–water partition coefficient (Wildman–Crippen LogP) is 5.41. The topological polar surface area (TPSA) is 60.7 Å². The maximum absolute atomic E-state index is 11.2. The molecule has 3 N–H and O–H groups in total. The van der Waals surface area contributed by atoms with Crippen LogP contribution in [-0.2, 0) is 0 Å². The highest BCUT2D eigenvalue weighted by Crippen LogP contribution is 2.68. The second-order valence-corrected chi connectivity index (χ2v) is 12.6. The van der Waals surface area contributed by atoms with Crippen molar-refractivity contribution >= 4 is 0 Å². The van der Waals surface area contributed by atoms with Crippen LogP contribution in [0.2, 0.25) is 0 Å². The summed E-state index contributed by atoms with van der Waals surface area (Å²) >= 11 is 0. The molecule has 0 aromatic rings. The lowest BCUT2D eigenvalue weighted by atomic mass is 9.44. The monoisotopic (exact) mass is 420 g/mol. The van der Waals surface area contributed by atoms with Crippen LogP contribution in [0.1, 0.15) is 98.3 Å². The third-order valence-electron chi connectivity index (χ3n) is 11.1. The molecule has 0 amide bonds. The van der Waals surface area contributed by atoms with Crippen molar-refractivity contribution in [1.29, 1.82) is 0 Å². The Morgan fingerprint density at radius 3 is 2.27 bits per heavy atom. The summed E-state index contributed by atoms with van der Waals surface area (Å²) in [6.07, 6.45) is 12.5. The normalized spacial score (nSPS) is 50.3. The average Bonchev–Trinajstić information content (AvgIpc) is 3.06. The number of rotatable bonds is 6. The highest BCUT2D eigenvalue weighted by atomic mass is 16.3. The van der Waals surface area contributed by atoms with Crippen LogP contribution in [0.5, 0.6) is 0 Å². The smallest absolute Gasteiger partial charge is 0.0577 e. The van der Waals surface area contributed by atoms with Gasteiger partial charge in [-0.2, -0.15) is 0 Å². The molecule has 4 saturated carbocycles. The third-order valence-corrected chi connectivity index (χ3v) is 11.1. The van der Waals surface area contributed by atoms with E-state index in [2.05, 4.69) is 27.7 Å². The molecule has 0 aliphatic heterocycles. The summed E-state index contributed by atoms with van der Waals surface area (Å²) < 4.78 is 0. The third kappa shape index (κ3) is 3.79. The summed E-state index contributed by atoms with van der Waals surface area (Å²) in [6.45, 7) is 10.0. The number of hydrogen-bond donors (Lipinski definition) is 3. The first-order valence-corrected chi connectivity index (χ1v) is 13.2. The zero-order valence-electron chi connectivity index (χ0n) is 20.0. The zero-order chi connectivity index (χ0) is 21.7. The first kappa shape index (κ1) is 23.1. The highest BCUT2D eigenvalue weighted by Gasteiger charge is 2.62. The molecule has 4 fully saturated rings. The molecule has 0 saturated heterocycles. The molecule has 4 aliphatic rings. The van der Waals surface area contributed by atoms with E-state index in [4.69, 9.17) is 0 Å². The van der Waals surface area contributed by atoms with Gasteiger partial charge in [0.1, 0.15) is 0 Å². The molecule has 0 unspecified atom stereocenters. The molecule has 4 aliphatic carbocycles. The largest absolute Gasteiger partial charge is 0.396 e. The van der Waals surface area contributed by atoms with Gasteiger partial charge in [0.15, 0.2) is 0 Å². The van der Waals surface area contributed by atoms with E-state index in [1.54, 1.807) is 0 Å². The van der Waals surface area contributed by atoms with Gasteiger partial charge in [-0.05, 0) is 110 Å². The summed E-state index contributed by atoms with van der Waals surface area (Å²) in [4.78, 5) is 0. The fourth-order valence-corrected chi connectivity index (χ4v) is 9.33. The van der Waals surface area contributed by atoms with E-state index in [-0.39, 0.29) is 17.6 Å². The standard InChI is InChI=1S/C27H48O3/c1-17(16-28)6-5-7-18(2)21-8-9-22-20-15-25(30)24-14-19(29)10-12-27(24,4)23(20)11-13-26(21,22)3/h17-25,28-30H,5-16H2,1-4H3/t17-,18-,19+,20+,21-,22+,23+,24-,25-,26-,27-/m1/s1. The van der Waals surface area contributed by atoms with Crippen molar-refractivity contribution in [3.8, 4) is 0 Å². The van der Waals surface area contributed by atoms with Crippen LogP contribution in [0, 0.1) is 52.3 Å². The van der Waals surface area contributed by atoms with Crippen molar-refractivity contribution in [3.63, 3.8) is 0 Å². The molecule has 3 nitrogen and oxygen atoms in total. The summed E-state index contributed by atoms with van der Waals surface area (Å²) in [5.41, 5.74) is 0.674. The molecule has 0 aromatic carbocycles. The lowest BCUT2D eigenvalue weighted by molar-refractivity contribution is -0.172. The fraction of sp³-hybridized carbons (Fsp3) is 1.00. The van der Waals surface area contributed by atoms with E-state index in [0.29, 0.717) is 29.8 Å². The van der Waals surface area contributed by atoms with Gasteiger partial charge in [0.05, 0.1) is 12.2 Å². The van der Waals surface area contributed by atoms with Gasteiger partial charge in [-0.1, -0.05) is 40.5 Å². The zero-order valence-corrected chi connectivity index (χ0v) is 20.0. The minimum atomic E-state index is -0.218. The Bertz CT molecular complexity index is 593. The van der Waals surface area contributed by atoms with Crippen LogP contribution in [0.4, 0.5) is 0 Å². The van der Waals surface area contributed by atoms with E-state index in [1.807, 2.05) is 0 Å². The average molecular weight is 421 g/mol. The first-order chi connectivity index (χ1) is 14.2. The fourth-order valence-electron chi connectivity index (χ4n) is 9.33. The van der Waals surface area contributed by atoms with E-state index in [0.717, 1.165) is 55.8 Å². The van der Waals surface area contributed by atoms with Crippen LogP contribution in [0.25, 0.3) is 0 Å². The summed E-state index contributed by atoms with van der Waals surface area (Å²) in [5, 5.41) is 30.7. The second-order valence-electron chi connectivity index (χ2n) is 12.6. The van der Waals surface area contributed by atoms with Crippen molar-refractivity contribution in [2.24, 2.45) is 52.3 Å². The number of hydrogen-bond acceptors (Lipinski definition) is 3. The predicted molar refractivity (Wildman–Crippen MR) is 122 cm³/mol. The van der Waals surface area contributed by atoms with Gasteiger partial charge in [-0.3, -0.25) is 0 Å². The van der Waals surface area contributed by atoms with Gasteiger partial charge in [-0.25, -0.2) is 0 Å². The Hall–Kier alpha value is -0.120. The molecule has 0 heterocycles. The molecule has 0 radical (unpaired) electrons. The molecule has 0 aromatic heterocycles. The molecular formula is C27H48O3. The van der Waals surface area contributed by atoms with Gasteiger partial charge in [-0.15, -0.1) is 0 Å². The van der Waals surface area contributed by atoms with E-state index in [9.17, 15) is 15.3 Å². The molecule has 174 valence electrons. The van der Waals surface area contributed by atoms with Crippen molar-refractivity contribution in [2.75, 3.05) is 6.61 Å². The van der Waals surface area contributed by atoms with E-state index >= 15 is 0 Å². The quantitative estimate of drug-likeness (QED) is 0.538. The Balaban J connectivity index is 1.47. The molecule has 30 heavy (non-hydrogen) atoms. The molecule has 3 heteroatoms. The SMILES string of the molecule is C[C@@H](CO)CCC[C@@H](C)[C@H]1CC[C@H]2[C@@H]3C[C@@H](O)[C@H]4C[C@@H](O)CC[C@]4(C)[C@H]3CC[C@]12C. The summed E-state index contributed by atoms with van der Waals surface area (Å²) in [7, 11) is 0. The van der Waals surface area contributed by atoms with Crippen molar-refractivity contribution in [2.45, 2.75) is 111 Å². The van der Waals surface area contributed by atoms with Crippen LogP contribution in [0.15, 0.2) is 0 Å². The Kier molecular flexibility index (Phi) is 6.66. The van der Waals surface area contributed by atoms with Gasteiger partial charge in [0.2, 0.25) is 0 Å². The van der Waals surface area contributed by atoms with Gasteiger partial charge in [0.25, 0.3) is 0 Å². The molecule has 4 rings (SSSR count). The van der Waals surface area contributed by atoms with Crippen molar-refractivity contribution in [3.05, 3.63) is 0 Å². The van der Waals surface area contributed by atoms with Crippen molar-refractivity contribution in [1.82, 2.24) is 0 Å². The minimum Gasteiger partial charge on any atom is -0.396 e. The summed E-state index contributed by atoms with van der Waals surface area (Å²) in [6, 6.07) is 0. The number of aliphatic hydroxyl groups excluding tert-OH is 3. The molecular weight excluding hydrogens is 372 g/mol. The maximum Gasteiger partial charge on any atom is 0.0577 e. The number of aliphatic hydroxyl groups is 3. The maximum atomic E-state index is 11.2. The molecule has 11 atom stereocenters. The van der Waals surface area contributed by atoms with E-state index < -0.39 is 0 Å². The summed E-state index contributed by atoms with van der Waals surface area (Å²) in [5.74, 6) is 4.53. The first-order valence-electron chi connectivity index (χ1n) is 13.2. The molecule has 0 bridgehead atoms. The van der Waals surface area contributed by atoms with Crippen LogP contribution < -0.4 is 0 Å². The van der Waals surface area contributed by atoms with Crippen LogP contribution in [0.3, 0.4) is 0 Å². The second kappa shape index (κ2) is 8.67. The Morgan fingerprint density at radius 2 is 1.53 bits per heavy atom. The van der Waals surface area contributed by atoms with E-state index in [1.165, 1.54) is 38.5 Å². The Labute approximate surface area is 185 Å². The molecule has 0 spiro atoms. The lowest BCUT2D eigenvalue weighted by Gasteiger charge is -2.62. The minimum absolute atomic E-state index is 0.201. The van der Waals surface area contributed by atoms with Crippen LogP contribution >= 0.6 is 0 Å². The number of fused-ring (bicyclic) bond motifs is 5. The Morgan fingerprint density at radius 1 is 0.833 bits per heavy atom.